The van der Waals surface area contributed by atoms with E-state index in [0.717, 1.165) is 12.8 Å². The van der Waals surface area contributed by atoms with E-state index in [-0.39, 0.29) is 12.3 Å². The molecular weight excluding hydrogens is 195 g/mol. The third-order valence-electron chi connectivity index (χ3n) is 3.39. The summed E-state index contributed by atoms with van der Waals surface area (Å²) < 4.78 is 13.9. The van der Waals surface area contributed by atoms with E-state index in [1.54, 1.807) is 0 Å². The van der Waals surface area contributed by atoms with Gasteiger partial charge in [0.05, 0.1) is 6.42 Å². The number of hydrogen-bond donors (Lipinski definition) is 2. The Bertz CT molecular complexity index is 233. The Kier molecular flexibility index (Phi) is 3.24. The molecule has 0 aromatic rings. The molecule has 0 spiro atoms. The van der Waals surface area contributed by atoms with Gasteiger partial charge < -0.3 is 10.6 Å². The third kappa shape index (κ3) is 2.91. The van der Waals surface area contributed by atoms with Crippen LogP contribution in [0.5, 0.6) is 0 Å². The molecule has 2 fully saturated rings. The summed E-state index contributed by atoms with van der Waals surface area (Å²) in [5, 5.41) is 5.88. The molecule has 0 bridgehead atoms. The summed E-state index contributed by atoms with van der Waals surface area (Å²) in [4.78, 5) is 11.6. The van der Waals surface area contributed by atoms with Crippen LogP contribution in [0.2, 0.25) is 0 Å². The van der Waals surface area contributed by atoms with Crippen LogP contribution in [0.1, 0.15) is 38.5 Å². The van der Waals surface area contributed by atoms with Gasteiger partial charge in [0.1, 0.15) is 5.67 Å². The maximum atomic E-state index is 13.9. The fraction of sp³-hybridized carbons (Fsp3) is 0.909. The van der Waals surface area contributed by atoms with Crippen LogP contribution in [0.3, 0.4) is 0 Å². The van der Waals surface area contributed by atoms with Crippen molar-refractivity contribution in [3.05, 3.63) is 0 Å². The molecule has 1 heterocycles. The molecule has 0 aromatic carbocycles. The van der Waals surface area contributed by atoms with Crippen molar-refractivity contribution in [2.75, 3.05) is 13.1 Å². The van der Waals surface area contributed by atoms with E-state index in [2.05, 4.69) is 10.6 Å². The summed E-state index contributed by atoms with van der Waals surface area (Å²) in [6, 6.07) is 0.301. The third-order valence-corrected chi connectivity index (χ3v) is 3.39. The summed E-state index contributed by atoms with van der Waals surface area (Å²) in [6.07, 6.45) is 4.98. The van der Waals surface area contributed by atoms with Gasteiger partial charge in [0.2, 0.25) is 5.91 Å². The summed E-state index contributed by atoms with van der Waals surface area (Å²) >= 11 is 0. The van der Waals surface area contributed by atoms with Crippen LogP contribution in [-0.4, -0.2) is 30.7 Å². The molecule has 4 heteroatoms. The molecule has 1 unspecified atom stereocenters. The number of carbonyl (C=O) groups excluding carboxylic acids is 1. The quantitative estimate of drug-likeness (QED) is 0.739. The average Bonchev–Trinajstić information content (AvgIpc) is 2.76. The summed E-state index contributed by atoms with van der Waals surface area (Å²) in [7, 11) is 0. The molecule has 0 aromatic heterocycles. The Balaban J connectivity index is 1.76. The van der Waals surface area contributed by atoms with E-state index < -0.39 is 5.67 Å². The van der Waals surface area contributed by atoms with Crippen LogP contribution in [0.25, 0.3) is 0 Å². The van der Waals surface area contributed by atoms with Gasteiger partial charge in [0.15, 0.2) is 0 Å². The summed E-state index contributed by atoms with van der Waals surface area (Å²) in [5.41, 5.74) is -1.30. The molecule has 1 aliphatic heterocycles. The van der Waals surface area contributed by atoms with Gasteiger partial charge in [-0.2, -0.15) is 0 Å². The lowest BCUT2D eigenvalue weighted by Crippen LogP contribution is -2.39. The predicted octanol–water partition coefficient (Wildman–Crippen LogP) is 1.14. The minimum absolute atomic E-state index is 0.0243. The summed E-state index contributed by atoms with van der Waals surface area (Å²) in [5.74, 6) is -0.117. The number of carbonyl (C=O) groups is 1. The van der Waals surface area contributed by atoms with Crippen molar-refractivity contribution in [2.45, 2.75) is 50.2 Å². The minimum atomic E-state index is -1.30. The molecule has 15 heavy (non-hydrogen) atoms. The molecule has 86 valence electrons. The van der Waals surface area contributed by atoms with Crippen molar-refractivity contribution in [3.63, 3.8) is 0 Å². The number of amides is 1. The number of alkyl halides is 1. The van der Waals surface area contributed by atoms with Gasteiger partial charge in [-0.1, -0.05) is 12.8 Å². The van der Waals surface area contributed by atoms with E-state index in [9.17, 15) is 9.18 Å². The second-order valence-corrected chi connectivity index (χ2v) is 4.80. The number of hydrogen-bond acceptors (Lipinski definition) is 2. The molecule has 1 saturated carbocycles. The topological polar surface area (TPSA) is 41.1 Å². The average molecular weight is 214 g/mol. The van der Waals surface area contributed by atoms with Gasteiger partial charge in [-0.15, -0.1) is 0 Å². The zero-order valence-electron chi connectivity index (χ0n) is 9.02. The highest BCUT2D eigenvalue weighted by atomic mass is 19.1. The van der Waals surface area contributed by atoms with Crippen LogP contribution < -0.4 is 10.6 Å². The Labute approximate surface area is 89.8 Å². The first-order valence-electron chi connectivity index (χ1n) is 5.87. The van der Waals surface area contributed by atoms with Crippen LogP contribution >= 0.6 is 0 Å². The highest BCUT2D eigenvalue weighted by molar-refractivity contribution is 5.77. The van der Waals surface area contributed by atoms with Gasteiger partial charge in [-0.05, 0) is 25.8 Å². The maximum Gasteiger partial charge on any atom is 0.223 e. The van der Waals surface area contributed by atoms with E-state index in [4.69, 9.17) is 0 Å². The maximum absolute atomic E-state index is 13.9. The second kappa shape index (κ2) is 4.47. The molecule has 3 nitrogen and oxygen atoms in total. The van der Waals surface area contributed by atoms with Crippen molar-refractivity contribution in [1.29, 1.82) is 0 Å². The number of halogens is 1. The van der Waals surface area contributed by atoms with Crippen LogP contribution in [-0.2, 0) is 4.79 Å². The molecular formula is C11H19FN2O. The molecule has 2 aliphatic rings. The minimum Gasteiger partial charge on any atom is -0.353 e. The Hall–Kier alpha value is -0.640. The monoisotopic (exact) mass is 214 g/mol. The normalized spacial score (nSPS) is 32.1. The molecule has 1 atom stereocenters. The first kappa shape index (κ1) is 10.9. The lowest BCUT2D eigenvalue weighted by Gasteiger charge is -2.19. The standard InChI is InChI=1S/C11H19FN2O/c12-11(5-6-13-8-11)7-10(15)14-9-3-1-2-4-9/h9,13H,1-8H2,(H,14,15). The van der Waals surface area contributed by atoms with Gasteiger partial charge in [0, 0.05) is 12.6 Å². The summed E-state index contributed by atoms with van der Waals surface area (Å²) in [6.45, 7) is 1.01. The van der Waals surface area contributed by atoms with Crippen molar-refractivity contribution >= 4 is 5.91 Å². The SMILES string of the molecule is O=C(CC1(F)CCNC1)NC1CCCC1. The smallest absolute Gasteiger partial charge is 0.223 e. The van der Waals surface area contributed by atoms with Crippen molar-refractivity contribution < 1.29 is 9.18 Å². The molecule has 1 aliphatic carbocycles. The fourth-order valence-electron chi connectivity index (χ4n) is 2.50. The first-order valence-corrected chi connectivity index (χ1v) is 5.87. The van der Waals surface area contributed by atoms with E-state index in [1.807, 2.05) is 0 Å². The van der Waals surface area contributed by atoms with Crippen molar-refractivity contribution in [2.24, 2.45) is 0 Å². The van der Waals surface area contributed by atoms with Crippen LogP contribution in [0.15, 0.2) is 0 Å². The van der Waals surface area contributed by atoms with Gasteiger partial charge >= 0.3 is 0 Å². The predicted molar refractivity (Wildman–Crippen MR) is 56.3 cm³/mol. The van der Waals surface area contributed by atoms with Crippen molar-refractivity contribution in [1.82, 2.24) is 10.6 Å². The fourth-order valence-corrected chi connectivity index (χ4v) is 2.50. The van der Waals surface area contributed by atoms with Crippen LogP contribution in [0.4, 0.5) is 4.39 Å². The van der Waals surface area contributed by atoms with E-state index in [0.29, 0.717) is 25.6 Å². The number of nitrogens with one attached hydrogen (secondary N) is 2. The van der Waals surface area contributed by atoms with E-state index in [1.165, 1.54) is 12.8 Å². The first-order chi connectivity index (χ1) is 7.18. The molecule has 1 amide bonds. The van der Waals surface area contributed by atoms with Gasteiger partial charge in [0.25, 0.3) is 0 Å². The second-order valence-electron chi connectivity index (χ2n) is 4.80. The zero-order chi connectivity index (χ0) is 10.7. The molecule has 1 saturated heterocycles. The molecule has 2 N–H and O–H groups in total. The van der Waals surface area contributed by atoms with Crippen LogP contribution in [0, 0.1) is 0 Å². The van der Waals surface area contributed by atoms with Crippen molar-refractivity contribution in [3.8, 4) is 0 Å². The highest BCUT2D eigenvalue weighted by Gasteiger charge is 2.36. The largest absolute Gasteiger partial charge is 0.353 e. The zero-order valence-corrected chi connectivity index (χ0v) is 9.02. The Morgan fingerprint density at radius 3 is 2.80 bits per heavy atom. The van der Waals surface area contributed by atoms with E-state index >= 15 is 0 Å². The lowest BCUT2D eigenvalue weighted by atomic mass is 10.0. The number of rotatable bonds is 3. The molecule has 2 rings (SSSR count). The van der Waals surface area contributed by atoms with Gasteiger partial charge in [-0.3, -0.25) is 4.79 Å². The highest BCUT2D eigenvalue weighted by Crippen LogP contribution is 2.24. The molecule has 0 radical (unpaired) electrons. The lowest BCUT2D eigenvalue weighted by molar-refractivity contribution is -0.124. The Morgan fingerprint density at radius 1 is 1.47 bits per heavy atom. The van der Waals surface area contributed by atoms with Gasteiger partial charge in [-0.25, -0.2) is 4.39 Å². The Morgan fingerprint density at radius 2 is 2.20 bits per heavy atom.